The first kappa shape index (κ1) is 17.6. The molecule has 0 saturated carbocycles. The van der Waals surface area contributed by atoms with Crippen molar-refractivity contribution in [1.29, 1.82) is 0 Å². The van der Waals surface area contributed by atoms with Crippen LogP contribution in [0.5, 0.6) is 5.75 Å². The lowest BCUT2D eigenvalue weighted by molar-refractivity contribution is -0.138. The lowest BCUT2D eigenvalue weighted by Crippen LogP contribution is -2.43. The van der Waals surface area contributed by atoms with Gasteiger partial charge in [-0.3, -0.25) is 9.69 Å². The summed E-state index contributed by atoms with van der Waals surface area (Å²) < 4.78 is 5.31. The number of hydrogen-bond acceptors (Lipinski definition) is 4. The number of nitrogens with zero attached hydrogens (tertiary/aromatic N) is 2. The molecule has 1 aromatic carbocycles. The number of piperidine rings is 1. The molecule has 0 atom stereocenters. The van der Waals surface area contributed by atoms with Crippen LogP contribution in [-0.2, 0) is 24.3 Å². The van der Waals surface area contributed by atoms with E-state index in [0.717, 1.165) is 57.7 Å². The molecule has 1 saturated heterocycles. The zero-order valence-electron chi connectivity index (χ0n) is 15.3. The molecule has 5 heteroatoms. The smallest absolute Gasteiger partial charge is 0.226 e. The molecule has 4 nitrogen and oxygen atoms in total. The average molecular weight is 371 g/mol. The second kappa shape index (κ2) is 7.80. The van der Waals surface area contributed by atoms with Gasteiger partial charge in [0.15, 0.2) is 0 Å². The molecular formula is C21H26N2O2S. The average Bonchev–Trinajstić information content (AvgIpc) is 3.16. The second-order valence-electron chi connectivity index (χ2n) is 7.28. The van der Waals surface area contributed by atoms with Gasteiger partial charge in [0.2, 0.25) is 5.91 Å². The van der Waals surface area contributed by atoms with Crippen LogP contribution in [0, 0.1) is 5.92 Å². The lowest BCUT2D eigenvalue weighted by atomic mass is 9.94. The van der Waals surface area contributed by atoms with Gasteiger partial charge >= 0.3 is 0 Å². The number of benzene rings is 1. The predicted molar refractivity (Wildman–Crippen MR) is 104 cm³/mol. The Bertz CT molecular complexity index is 765. The highest BCUT2D eigenvalue weighted by Crippen LogP contribution is 2.28. The van der Waals surface area contributed by atoms with E-state index in [4.69, 9.17) is 4.74 Å². The van der Waals surface area contributed by atoms with Crippen LogP contribution in [0.1, 0.15) is 28.8 Å². The highest BCUT2D eigenvalue weighted by atomic mass is 32.1. The molecule has 2 aliphatic heterocycles. The fraction of sp³-hybridized carbons (Fsp3) is 0.476. The highest BCUT2D eigenvalue weighted by Gasteiger charge is 2.30. The van der Waals surface area contributed by atoms with Crippen molar-refractivity contribution in [3.8, 4) is 5.75 Å². The van der Waals surface area contributed by atoms with E-state index in [9.17, 15) is 4.79 Å². The van der Waals surface area contributed by atoms with Gasteiger partial charge in [0.05, 0.1) is 7.11 Å². The summed E-state index contributed by atoms with van der Waals surface area (Å²) in [6.07, 6.45) is 2.96. The number of thiophene rings is 1. The molecule has 1 fully saturated rings. The quantitative estimate of drug-likeness (QED) is 0.825. The SMILES string of the molecule is COc1cccc(CN2CCC(C(=O)N3CCc4sccc4C3)CC2)c1. The van der Waals surface area contributed by atoms with Gasteiger partial charge in [-0.2, -0.15) is 0 Å². The molecule has 0 aliphatic carbocycles. The first-order chi connectivity index (χ1) is 12.7. The van der Waals surface area contributed by atoms with E-state index >= 15 is 0 Å². The number of likely N-dealkylation sites (tertiary alicyclic amines) is 1. The normalized spacial score (nSPS) is 18.6. The molecule has 138 valence electrons. The summed E-state index contributed by atoms with van der Waals surface area (Å²) in [6.45, 7) is 4.61. The summed E-state index contributed by atoms with van der Waals surface area (Å²) in [5.74, 6) is 1.46. The first-order valence-electron chi connectivity index (χ1n) is 9.42. The fourth-order valence-corrected chi connectivity index (χ4v) is 4.95. The van der Waals surface area contributed by atoms with Crippen molar-refractivity contribution in [2.24, 2.45) is 5.92 Å². The molecule has 4 rings (SSSR count). The van der Waals surface area contributed by atoms with Gasteiger partial charge in [0.1, 0.15) is 5.75 Å². The Morgan fingerprint density at radius 2 is 2.08 bits per heavy atom. The third-order valence-corrected chi connectivity index (χ3v) is 6.62. The van der Waals surface area contributed by atoms with Gasteiger partial charge in [0.25, 0.3) is 0 Å². The molecule has 0 N–H and O–H groups in total. The van der Waals surface area contributed by atoms with Crippen molar-refractivity contribution in [1.82, 2.24) is 9.80 Å². The summed E-state index contributed by atoms with van der Waals surface area (Å²) in [4.78, 5) is 18.9. The minimum atomic E-state index is 0.191. The largest absolute Gasteiger partial charge is 0.497 e. The van der Waals surface area contributed by atoms with Crippen molar-refractivity contribution in [3.05, 3.63) is 51.7 Å². The van der Waals surface area contributed by atoms with Gasteiger partial charge < -0.3 is 9.64 Å². The minimum Gasteiger partial charge on any atom is -0.497 e. The standard InChI is InChI=1S/C21H26N2O2S/c1-25-19-4-2-3-16(13-19)14-22-9-5-17(6-10-22)21(24)23-11-7-20-18(15-23)8-12-26-20/h2-4,8,12-13,17H,5-7,9-11,14-15H2,1H3. The van der Waals surface area contributed by atoms with Crippen LogP contribution in [0.15, 0.2) is 35.7 Å². The number of methoxy groups -OCH3 is 1. The van der Waals surface area contributed by atoms with E-state index in [-0.39, 0.29) is 5.92 Å². The monoisotopic (exact) mass is 370 g/mol. The number of hydrogen-bond donors (Lipinski definition) is 0. The van der Waals surface area contributed by atoms with Gasteiger partial charge in [-0.1, -0.05) is 12.1 Å². The van der Waals surface area contributed by atoms with E-state index < -0.39 is 0 Å². The van der Waals surface area contributed by atoms with Crippen LogP contribution in [0.3, 0.4) is 0 Å². The number of amides is 1. The number of fused-ring (bicyclic) bond motifs is 1. The van der Waals surface area contributed by atoms with Crippen molar-refractivity contribution in [2.45, 2.75) is 32.4 Å². The summed E-state index contributed by atoms with van der Waals surface area (Å²) in [5, 5.41) is 2.15. The maximum absolute atomic E-state index is 12.9. The van der Waals surface area contributed by atoms with Crippen LogP contribution in [0.2, 0.25) is 0 Å². The Hall–Kier alpha value is -1.85. The molecule has 2 aliphatic rings. The third-order valence-electron chi connectivity index (χ3n) is 5.60. The summed E-state index contributed by atoms with van der Waals surface area (Å²) >= 11 is 1.82. The summed E-state index contributed by atoms with van der Waals surface area (Å²) in [6, 6.07) is 10.4. The van der Waals surface area contributed by atoms with E-state index in [1.54, 1.807) is 7.11 Å². The number of ether oxygens (including phenoxy) is 1. The lowest BCUT2D eigenvalue weighted by Gasteiger charge is -2.35. The van der Waals surface area contributed by atoms with E-state index in [1.807, 2.05) is 23.5 Å². The number of carbonyl (C=O) groups is 1. The maximum Gasteiger partial charge on any atom is 0.226 e. The topological polar surface area (TPSA) is 32.8 Å². The highest BCUT2D eigenvalue weighted by molar-refractivity contribution is 7.10. The molecule has 1 amide bonds. The summed E-state index contributed by atoms with van der Waals surface area (Å²) in [5.41, 5.74) is 2.63. The van der Waals surface area contributed by atoms with Gasteiger partial charge in [-0.25, -0.2) is 0 Å². The van der Waals surface area contributed by atoms with Gasteiger partial charge in [-0.15, -0.1) is 11.3 Å². The zero-order chi connectivity index (χ0) is 17.9. The van der Waals surface area contributed by atoms with Crippen LogP contribution in [0.25, 0.3) is 0 Å². The number of carbonyl (C=O) groups excluding carboxylic acids is 1. The van der Waals surface area contributed by atoms with Crippen molar-refractivity contribution in [2.75, 3.05) is 26.7 Å². The van der Waals surface area contributed by atoms with Gasteiger partial charge in [-0.05, 0) is 67.1 Å². The molecule has 2 aromatic rings. The Balaban J connectivity index is 1.30. The Morgan fingerprint density at radius 1 is 1.23 bits per heavy atom. The molecule has 0 radical (unpaired) electrons. The van der Waals surface area contributed by atoms with E-state index in [0.29, 0.717) is 5.91 Å². The Kier molecular flexibility index (Phi) is 5.27. The molecular weight excluding hydrogens is 344 g/mol. The third kappa shape index (κ3) is 3.79. The Morgan fingerprint density at radius 3 is 2.88 bits per heavy atom. The Labute approximate surface area is 159 Å². The van der Waals surface area contributed by atoms with Crippen LogP contribution >= 0.6 is 11.3 Å². The summed E-state index contributed by atoms with van der Waals surface area (Å²) in [7, 11) is 1.70. The molecule has 3 heterocycles. The molecule has 1 aromatic heterocycles. The predicted octanol–water partition coefficient (Wildman–Crippen LogP) is 3.55. The van der Waals surface area contributed by atoms with Crippen molar-refractivity contribution >= 4 is 17.2 Å². The minimum absolute atomic E-state index is 0.191. The van der Waals surface area contributed by atoms with Gasteiger partial charge in [0, 0.05) is 30.4 Å². The molecule has 0 spiro atoms. The molecule has 0 unspecified atom stereocenters. The van der Waals surface area contributed by atoms with Crippen LogP contribution in [0.4, 0.5) is 0 Å². The maximum atomic E-state index is 12.9. The van der Waals surface area contributed by atoms with Crippen LogP contribution < -0.4 is 4.74 Å². The molecule has 26 heavy (non-hydrogen) atoms. The zero-order valence-corrected chi connectivity index (χ0v) is 16.1. The van der Waals surface area contributed by atoms with Crippen LogP contribution in [-0.4, -0.2) is 42.5 Å². The van der Waals surface area contributed by atoms with E-state index in [1.165, 1.54) is 16.0 Å². The number of rotatable bonds is 4. The van der Waals surface area contributed by atoms with E-state index in [2.05, 4.69) is 33.4 Å². The molecule has 0 bridgehead atoms. The van der Waals surface area contributed by atoms with Crippen molar-refractivity contribution in [3.63, 3.8) is 0 Å². The first-order valence-corrected chi connectivity index (χ1v) is 10.3. The van der Waals surface area contributed by atoms with Crippen molar-refractivity contribution < 1.29 is 9.53 Å². The fourth-order valence-electron chi connectivity index (χ4n) is 4.06. The second-order valence-corrected chi connectivity index (χ2v) is 8.28.